The van der Waals surface area contributed by atoms with Crippen molar-refractivity contribution in [3.63, 3.8) is 0 Å². The van der Waals surface area contributed by atoms with Gasteiger partial charge >= 0.3 is 0 Å². The highest BCUT2D eigenvalue weighted by molar-refractivity contribution is 6.05. The summed E-state index contributed by atoms with van der Waals surface area (Å²) in [5.41, 5.74) is 12.7. The van der Waals surface area contributed by atoms with Gasteiger partial charge in [0.1, 0.15) is 11.7 Å². The number of aromatic nitrogens is 2. The molecule has 0 aliphatic carbocycles. The number of fused-ring (bicyclic) bond motifs is 3. The number of para-hydroxylation sites is 1. The van der Waals surface area contributed by atoms with Crippen LogP contribution in [0.15, 0.2) is 103 Å². The third-order valence-corrected chi connectivity index (χ3v) is 9.15. The van der Waals surface area contributed by atoms with E-state index >= 15 is 0 Å². The Morgan fingerprint density at radius 1 is 0.848 bits per heavy atom. The molecule has 7 rings (SSSR count). The SMILES string of the molecule is CCC(C)C(C(=O)NNC(=O)c1cc2cc(C)ccc2[nH]1)N1C(=O)c2ccccc2C1c1c(-c2ccccc2)[nH]c2ccccc12. The van der Waals surface area contributed by atoms with Crippen molar-refractivity contribution in [1.29, 1.82) is 0 Å². The maximum absolute atomic E-state index is 14.4. The third kappa shape index (κ3) is 4.92. The van der Waals surface area contributed by atoms with Gasteiger partial charge in [-0.25, -0.2) is 0 Å². The Morgan fingerprint density at radius 3 is 2.39 bits per heavy atom. The number of benzene rings is 4. The number of nitrogens with one attached hydrogen (secondary N) is 4. The quantitative estimate of drug-likeness (QED) is 0.146. The lowest BCUT2D eigenvalue weighted by Crippen LogP contribution is -2.55. The molecule has 4 N–H and O–H groups in total. The van der Waals surface area contributed by atoms with Gasteiger partial charge in [-0.3, -0.25) is 25.2 Å². The summed E-state index contributed by atoms with van der Waals surface area (Å²) < 4.78 is 0. The standard InChI is InChI=1S/C38H35N5O3/c1-4-23(3)34(37(45)42-41-36(44)31-21-25-20-22(2)18-19-29(25)39-31)43-35(26-14-8-9-15-27(26)38(43)46)32-28-16-10-11-17-30(28)40-33(32)24-12-6-5-7-13-24/h5-21,23,34-35,39-40H,4H2,1-3H3,(H,41,44)(H,42,45). The van der Waals surface area contributed by atoms with Gasteiger partial charge in [-0.1, -0.05) is 98.6 Å². The van der Waals surface area contributed by atoms with Crippen LogP contribution in [0.4, 0.5) is 0 Å². The second-order valence-electron chi connectivity index (χ2n) is 12.1. The summed E-state index contributed by atoms with van der Waals surface area (Å²) in [4.78, 5) is 50.2. The van der Waals surface area contributed by atoms with Gasteiger partial charge in [-0.15, -0.1) is 0 Å². The Morgan fingerprint density at radius 2 is 1.59 bits per heavy atom. The van der Waals surface area contributed by atoms with Gasteiger partial charge < -0.3 is 14.9 Å². The minimum Gasteiger partial charge on any atom is -0.354 e. The van der Waals surface area contributed by atoms with Crippen molar-refractivity contribution < 1.29 is 14.4 Å². The first-order valence-electron chi connectivity index (χ1n) is 15.6. The Bertz CT molecular complexity index is 2110. The summed E-state index contributed by atoms with van der Waals surface area (Å²) in [7, 11) is 0. The lowest BCUT2D eigenvalue weighted by Gasteiger charge is -2.36. The molecule has 8 heteroatoms. The van der Waals surface area contributed by atoms with Crippen molar-refractivity contribution in [3.05, 3.63) is 131 Å². The molecule has 0 saturated heterocycles. The molecule has 4 aromatic carbocycles. The van der Waals surface area contributed by atoms with Crippen LogP contribution in [0, 0.1) is 12.8 Å². The van der Waals surface area contributed by atoms with E-state index in [1.807, 2.05) is 112 Å². The second kappa shape index (κ2) is 11.7. The number of hydrazine groups is 1. The maximum Gasteiger partial charge on any atom is 0.286 e. The second-order valence-corrected chi connectivity index (χ2v) is 12.1. The first-order chi connectivity index (χ1) is 22.4. The van der Waals surface area contributed by atoms with E-state index in [2.05, 4.69) is 26.9 Å². The van der Waals surface area contributed by atoms with Crippen LogP contribution in [-0.2, 0) is 4.79 Å². The average molecular weight is 610 g/mol. The van der Waals surface area contributed by atoms with Crippen LogP contribution in [-0.4, -0.2) is 38.6 Å². The van der Waals surface area contributed by atoms with E-state index in [0.29, 0.717) is 17.7 Å². The third-order valence-electron chi connectivity index (χ3n) is 9.15. The van der Waals surface area contributed by atoms with E-state index in [4.69, 9.17) is 0 Å². The van der Waals surface area contributed by atoms with Gasteiger partial charge in [0.2, 0.25) is 0 Å². The van der Waals surface area contributed by atoms with Crippen LogP contribution in [0.5, 0.6) is 0 Å². The predicted molar refractivity (Wildman–Crippen MR) is 180 cm³/mol. The first kappa shape index (κ1) is 29.1. The zero-order chi connectivity index (χ0) is 31.9. The number of carbonyl (C=O) groups excluding carboxylic acids is 3. The maximum atomic E-state index is 14.4. The van der Waals surface area contributed by atoms with Gasteiger partial charge in [0.15, 0.2) is 0 Å². The minimum absolute atomic E-state index is 0.220. The number of amides is 3. The zero-order valence-corrected chi connectivity index (χ0v) is 25.9. The average Bonchev–Trinajstić information content (AvgIpc) is 3.76. The molecule has 3 atom stereocenters. The van der Waals surface area contributed by atoms with Crippen molar-refractivity contribution in [2.45, 2.75) is 39.3 Å². The number of H-pyrrole nitrogens is 2. The minimum atomic E-state index is -0.877. The topological polar surface area (TPSA) is 110 Å². The smallest absolute Gasteiger partial charge is 0.286 e. The van der Waals surface area contributed by atoms with Gasteiger partial charge in [0.05, 0.1) is 11.7 Å². The van der Waals surface area contributed by atoms with Crippen molar-refractivity contribution >= 4 is 39.5 Å². The molecule has 0 fully saturated rings. The fraction of sp³-hybridized carbons (Fsp3) is 0.184. The Balaban J connectivity index is 1.29. The van der Waals surface area contributed by atoms with E-state index in [0.717, 1.165) is 49.8 Å². The van der Waals surface area contributed by atoms with Crippen LogP contribution >= 0.6 is 0 Å². The van der Waals surface area contributed by atoms with E-state index in [-0.39, 0.29) is 11.8 Å². The molecule has 0 radical (unpaired) electrons. The largest absolute Gasteiger partial charge is 0.354 e. The van der Waals surface area contributed by atoms with Crippen LogP contribution in [0.1, 0.15) is 63.8 Å². The molecule has 0 spiro atoms. The molecular formula is C38H35N5O3. The fourth-order valence-corrected chi connectivity index (χ4v) is 6.71. The molecule has 0 saturated carbocycles. The number of aromatic amines is 2. The first-order valence-corrected chi connectivity index (χ1v) is 15.6. The van der Waals surface area contributed by atoms with Crippen molar-refractivity contribution in [1.82, 2.24) is 25.7 Å². The van der Waals surface area contributed by atoms with E-state index in [1.54, 1.807) is 11.0 Å². The molecule has 6 aromatic rings. The molecule has 1 aliphatic rings. The Labute approximate surface area is 266 Å². The molecule has 3 heterocycles. The molecule has 1 aliphatic heterocycles. The van der Waals surface area contributed by atoms with Gasteiger partial charge in [-0.2, -0.15) is 0 Å². The lowest BCUT2D eigenvalue weighted by atomic mass is 9.90. The van der Waals surface area contributed by atoms with Crippen LogP contribution in [0.2, 0.25) is 0 Å². The molecule has 230 valence electrons. The number of carbonyl (C=O) groups is 3. The lowest BCUT2D eigenvalue weighted by molar-refractivity contribution is -0.128. The molecular weight excluding hydrogens is 574 g/mol. The molecule has 3 amide bonds. The summed E-state index contributed by atoms with van der Waals surface area (Å²) in [6.45, 7) is 5.96. The number of aryl methyl sites for hydroxylation is 1. The van der Waals surface area contributed by atoms with Crippen molar-refractivity contribution in [2.75, 3.05) is 0 Å². The van der Waals surface area contributed by atoms with E-state index in [9.17, 15) is 14.4 Å². The summed E-state index contributed by atoms with van der Waals surface area (Å²) in [6.07, 6.45) is 0.639. The highest BCUT2D eigenvalue weighted by atomic mass is 16.2. The summed E-state index contributed by atoms with van der Waals surface area (Å²) in [5.74, 6) is -1.37. The van der Waals surface area contributed by atoms with Crippen molar-refractivity contribution in [3.8, 4) is 11.3 Å². The molecule has 46 heavy (non-hydrogen) atoms. The fourth-order valence-electron chi connectivity index (χ4n) is 6.71. The van der Waals surface area contributed by atoms with Gasteiger partial charge in [0.25, 0.3) is 17.7 Å². The van der Waals surface area contributed by atoms with Crippen LogP contribution < -0.4 is 10.9 Å². The summed E-state index contributed by atoms with van der Waals surface area (Å²) >= 11 is 0. The number of hydrogen-bond donors (Lipinski definition) is 4. The van der Waals surface area contributed by atoms with Gasteiger partial charge in [0, 0.05) is 32.9 Å². The monoisotopic (exact) mass is 609 g/mol. The summed E-state index contributed by atoms with van der Waals surface area (Å²) in [5, 5.41) is 1.89. The number of hydrogen-bond acceptors (Lipinski definition) is 3. The van der Waals surface area contributed by atoms with E-state index < -0.39 is 23.9 Å². The molecule has 8 nitrogen and oxygen atoms in total. The molecule has 3 unspecified atom stereocenters. The van der Waals surface area contributed by atoms with E-state index in [1.165, 1.54) is 0 Å². The van der Waals surface area contributed by atoms with Crippen LogP contribution in [0.25, 0.3) is 33.1 Å². The Hall–Kier alpha value is -5.63. The molecule has 2 aromatic heterocycles. The highest BCUT2D eigenvalue weighted by Gasteiger charge is 2.47. The Kier molecular flexibility index (Phi) is 7.41. The predicted octanol–water partition coefficient (Wildman–Crippen LogP) is 7.05. The summed E-state index contributed by atoms with van der Waals surface area (Å²) in [6, 6.07) is 31.9. The normalized spacial score (nSPS) is 15.6. The number of rotatable bonds is 7. The number of nitrogens with zero attached hydrogens (tertiary/aromatic N) is 1. The molecule has 0 bridgehead atoms. The zero-order valence-electron chi connectivity index (χ0n) is 25.9. The van der Waals surface area contributed by atoms with Crippen molar-refractivity contribution in [2.24, 2.45) is 5.92 Å². The van der Waals surface area contributed by atoms with Gasteiger partial charge in [-0.05, 0) is 54.3 Å². The van der Waals surface area contributed by atoms with Crippen LogP contribution in [0.3, 0.4) is 0 Å². The highest BCUT2D eigenvalue weighted by Crippen LogP contribution is 2.47.